The second-order valence-electron chi connectivity index (χ2n) is 5.61. The summed E-state index contributed by atoms with van der Waals surface area (Å²) in [5, 5.41) is 2.20. The van der Waals surface area contributed by atoms with Crippen molar-refractivity contribution in [2.24, 2.45) is 0 Å². The number of halogens is 2. The molecule has 0 aromatic heterocycles. The summed E-state index contributed by atoms with van der Waals surface area (Å²) in [5.74, 6) is -2.93. The highest BCUT2D eigenvalue weighted by Gasteiger charge is 2.20. The number of carbonyl (C=O) groups is 2. The fourth-order valence-corrected chi connectivity index (χ4v) is 2.02. The zero-order valence-electron chi connectivity index (χ0n) is 14.0. The summed E-state index contributed by atoms with van der Waals surface area (Å²) in [5.41, 5.74) is 0.763. The number of nitrogens with one attached hydrogen (secondary N) is 1. The van der Waals surface area contributed by atoms with Gasteiger partial charge in [-0.05, 0) is 37.3 Å². The van der Waals surface area contributed by atoms with Gasteiger partial charge in [0.2, 0.25) is 0 Å². The van der Waals surface area contributed by atoms with E-state index in [2.05, 4.69) is 5.32 Å². The maximum absolute atomic E-state index is 13.5. The van der Waals surface area contributed by atoms with Crippen LogP contribution in [0.3, 0.4) is 0 Å². The molecule has 7 heteroatoms. The van der Waals surface area contributed by atoms with E-state index in [1.165, 1.54) is 6.92 Å². The maximum Gasteiger partial charge on any atom is 0.338 e. The first-order chi connectivity index (χ1) is 11.8. The van der Waals surface area contributed by atoms with E-state index in [0.717, 1.165) is 23.9 Å². The number of carbonyl (C=O) groups excluding carboxylic acids is 2. The monoisotopic (exact) mass is 348 g/mol. The van der Waals surface area contributed by atoms with Crippen LogP contribution in [0.5, 0.6) is 0 Å². The molecule has 5 nitrogen and oxygen atoms in total. The van der Waals surface area contributed by atoms with E-state index in [0.29, 0.717) is 0 Å². The molecular formula is C18H18F2N2O3. The molecule has 2 aromatic rings. The highest BCUT2D eigenvalue weighted by Crippen LogP contribution is 2.17. The minimum absolute atomic E-state index is 0.280. The Morgan fingerprint density at radius 2 is 1.84 bits per heavy atom. The molecule has 0 bridgehead atoms. The van der Waals surface area contributed by atoms with Gasteiger partial charge in [-0.2, -0.15) is 0 Å². The van der Waals surface area contributed by atoms with Gasteiger partial charge in [-0.25, -0.2) is 13.6 Å². The molecule has 0 fully saturated rings. The summed E-state index contributed by atoms with van der Waals surface area (Å²) in [4.78, 5) is 26.0. The minimum Gasteiger partial charge on any atom is -0.449 e. The first-order valence-corrected chi connectivity index (χ1v) is 7.52. The third kappa shape index (κ3) is 4.76. The van der Waals surface area contributed by atoms with Crippen molar-refractivity contribution in [2.75, 3.05) is 24.3 Å². The predicted octanol–water partition coefficient (Wildman–Crippen LogP) is 3.21. The first kappa shape index (κ1) is 18.4. The Balaban J connectivity index is 2.04. The van der Waals surface area contributed by atoms with Crippen LogP contribution in [0.4, 0.5) is 20.2 Å². The third-order valence-electron chi connectivity index (χ3n) is 3.44. The van der Waals surface area contributed by atoms with Gasteiger partial charge in [-0.1, -0.05) is 6.07 Å². The number of hydrogen-bond donors (Lipinski definition) is 1. The lowest BCUT2D eigenvalue weighted by atomic mass is 10.2. The van der Waals surface area contributed by atoms with Crippen LogP contribution in [0.1, 0.15) is 17.3 Å². The Labute approximate surface area is 144 Å². The van der Waals surface area contributed by atoms with Crippen molar-refractivity contribution >= 4 is 23.3 Å². The number of esters is 1. The molecule has 0 aliphatic carbocycles. The molecular weight excluding hydrogens is 330 g/mol. The van der Waals surface area contributed by atoms with Crippen LogP contribution in [0, 0.1) is 11.6 Å². The Bertz CT molecular complexity index is 794. The number of benzene rings is 2. The van der Waals surface area contributed by atoms with Gasteiger partial charge in [0, 0.05) is 25.8 Å². The topological polar surface area (TPSA) is 58.6 Å². The summed E-state index contributed by atoms with van der Waals surface area (Å²) >= 11 is 0. The van der Waals surface area contributed by atoms with Gasteiger partial charge in [0.05, 0.1) is 11.3 Å². The van der Waals surface area contributed by atoms with Gasteiger partial charge in [0.25, 0.3) is 5.91 Å². The number of amides is 1. The fraction of sp³-hybridized carbons (Fsp3) is 0.222. The van der Waals surface area contributed by atoms with E-state index < -0.39 is 29.6 Å². The second kappa shape index (κ2) is 7.74. The number of anilines is 2. The lowest BCUT2D eigenvalue weighted by Crippen LogP contribution is -2.30. The van der Waals surface area contributed by atoms with E-state index in [1.54, 1.807) is 18.2 Å². The van der Waals surface area contributed by atoms with Gasteiger partial charge in [0.15, 0.2) is 6.10 Å². The molecule has 0 saturated heterocycles. The van der Waals surface area contributed by atoms with Crippen LogP contribution in [0.15, 0.2) is 42.5 Å². The average Bonchev–Trinajstić information content (AvgIpc) is 2.58. The number of nitrogens with zero attached hydrogens (tertiary/aromatic N) is 1. The highest BCUT2D eigenvalue weighted by molar-refractivity contribution is 5.97. The SMILES string of the molecule is CC(OC(=O)c1cccc(N(C)C)c1)C(=O)Nc1cc(F)ccc1F. The largest absolute Gasteiger partial charge is 0.449 e. The molecule has 1 unspecified atom stereocenters. The van der Waals surface area contributed by atoms with Gasteiger partial charge >= 0.3 is 5.97 Å². The third-order valence-corrected chi connectivity index (χ3v) is 3.44. The molecule has 0 saturated carbocycles. The fourth-order valence-electron chi connectivity index (χ4n) is 2.02. The summed E-state index contributed by atoms with van der Waals surface area (Å²) < 4.78 is 31.8. The zero-order valence-corrected chi connectivity index (χ0v) is 14.0. The molecule has 2 aromatic carbocycles. The van der Waals surface area contributed by atoms with Crippen molar-refractivity contribution in [2.45, 2.75) is 13.0 Å². The molecule has 0 aliphatic heterocycles. The van der Waals surface area contributed by atoms with E-state index in [-0.39, 0.29) is 11.3 Å². The van der Waals surface area contributed by atoms with Crippen LogP contribution in [-0.2, 0) is 9.53 Å². The summed E-state index contributed by atoms with van der Waals surface area (Å²) in [7, 11) is 3.65. The van der Waals surface area contributed by atoms with Gasteiger partial charge < -0.3 is 15.0 Å². The predicted molar refractivity (Wildman–Crippen MR) is 90.6 cm³/mol. The Morgan fingerprint density at radius 3 is 2.52 bits per heavy atom. The van der Waals surface area contributed by atoms with Crippen molar-refractivity contribution < 1.29 is 23.1 Å². The summed E-state index contributed by atoms with van der Waals surface area (Å²) in [6, 6.07) is 9.38. The smallest absolute Gasteiger partial charge is 0.338 e. The van der Waals surface area contributed by atoms with Crippen LogP contribution in [0.2, 0.25) is 0 Å². The van der Waals surface area contributed by atoms with Gasteiger partial charge in [-0.3, -0.25) is 4.79 Å². The molecule has 1 atom stereocenters. The van der Waals surface area contributed by atoms with Crippen molar-refractivity contribution in [1.82, 2.24) is 0 Å². The van der Waals surface area contributed by atoms with Crippen molar-refractivity contribution in [3.8, 4) is 0 Å². The lowest BCUT2D eigenvalue weighted by Gasteiger charge is -2.16. The standard InChI is InChI=1S/C18H18F2N2O3/c1-11(17(23)21-16-10-13(19)7-8-15(16)20)25-18(24)12-5-4-6-14(9-12)22(2)3/h4-11H,1-3H3,(H,21,23). The van der Waals surface area contributed by atoms with Crippen molar-refractivity contribution in [3.05, 3.63) is 59.7 Å². The Morgan fingerprint density at radius 1 is 1.12 bits per heavy atom. The first-order valence-electron chi connectivity index (χ1n) is 7.52. The second-order valence-corrected chi connectivity index (χ2v) is 5.61. The van der Waals surface area contributed by atoms with E-state index in [9.17, 15) is 18.4 Å². The quantitative estimate of drug-likeness (QED) is 0.843. The lowest BCUT2D eigenvalue weighted by molar-refractivity contribution is -0.123. The van der Waals surface area contributed by atoms with Crippen LogP contribution in [-0.4, -0.2) is 32.1 Å². The summed E-state index contributed by atoms with van der Waals surface area (Å²) in [6.45, 7) is 1.35. The normalized spacial score (nSPS) is 11.6. The highest BCUT2D eigenvalue weighted by atomic mass is 19.1. The molecule has 0 spiro atoms. The van der Waals surface area contributed by atoms with Crippen LogP contribution in [0.25, 0.3) is 0 Å². The number of rotatable bonds is 5. The average molecular weight is 348 g/mol. The van der Waals surface area contributed by atoms with Gasteiger partial charge in [-0.15, -0.1) is 0 Å². The zero-order chi connectivity index (χ0) is 18.6. The molecule has 2 rings (SSSR count). The van der Waals surface area contributed by atoms with Crippen molar-refractivity contribution in [1.29, 1.82) is 0 Å². The molecule has 0 heterocycles. The molecule has 132 valence electrons. The van der Waals surface area contributed by atoms with E-state index in [4.69, 9.17) is 4.74 Å². The number of ether oxygens (including phenoxy) is 1. The molecule has 1 N–H and O–H groups in total. The Kier molecular flexibility index (Phi) is 5.69. The van der Waals surface area contributed by atoms with Gasteiger partial charge in [0.1, 0.15) is 11.6 Å². The maximum atomic E-state index is 13.5. The van der Waals surface area contributed by atoms with Crippen molar-refractivity contribution in [3.63, 3.8) is 0 Å². The van der Waals surface area contributed by atoms with E-state index >= 15 is 0 Å². The number of hydrogen-bond acceptors (Lipinski definition) is 4. The Hall–Kier alpha value is -2.96. The molecule has 1 amide bonds. The molecule has 0 radical (unpaired) electrons. The molecule has 25 heavy (non-hydrogen) atoms. The van der Waals surface area contributed by atoms with Crippen LogP contribution >= 0.6 is 0 Å². The summed E-state index contributed by atoms with van der Waals surface area (Å²) in [6.07, 6.45) is -1.18. The molecule has 0 aliphatic rings. The van der Waals surface area contributed by atoms with E-state index in [1.807, 2.05) is 25.1 Å². The minimum atomic E-state index is -1.18. The van der Waals surface area contributed by atoms with Crippen LogP contribution < -0.4 is 10.2 Å².